The maximum atomic E-state index is 13.6. The summed E-state index contributed by atoms with van der Waals surface area (Å²) in [7, 11) is -10.2. The van der Waals surface area contributed by atoms with Crippen LogP contribution >= 0.6 is 16.0 Å². The van der Waals surface area contributed by atoms with Crippen LogP contribution in [0.4, 0.5) is 17.5 Å². The summed E-state index contributed by atoms with van der Waals surface area (Å²) in [6, 6.07) is 0. The van der Waals surface area contributed by atoms with Crippen molar-refractivity contribution in [2.45, 2.75) is 87.0 Å². The SMILES string of the molecule is CCC1OC(n2cnc3c(N)ncnc32)C(OP(=O)(O)OCC2OC(n3cnc4c(N)ncnc43)C(O[P+](O)(O)OCC3OC(n4cnc5c(N)ncnc54)C(O)C3O)C2O)C1O. The molecule has 0 aromatic carbocycles. The van der Waals surface area contributed by atoms with Gasteiger partial charge in [-0.25, -0.2) is 49.4 Å². The number of aliphatic hydroxyl groups excluding tert-OH is 4. The minimum atomic E-state index is -5.18. The lowest BCUT2D eigenvalue weighted by atomic mass is 10.1. The van der Waals surface area contributed by atoms with Crippen LogP contribution in [0.2, 0.25) is 0 Å². The van der Waals surface area contributed by atoms with E-state index in [9.17, 15) is 39.7 Å². The van der Waals surface area contributed by atoms with Gasteiger partial charge in [-0.3, -0.25) is 22.7 Å². The van der Waals surface area contributed by atoms with Crippen molar-refractivity contribution in [2.24, 2.45) is 0 Å². The first kappa shape index (κ1) is 43.4. The van der Waals surface area contributed by atoms with Crippen LogP contribution in [0, 0.1) is 0 Å². The molecule has 13 N–H and O–H groups in total. The van der Waals surface area contributed by atoms with Crippen molar-refractivity contribution < 1.29 is 72.0 Å². The van der Waals surface area contributed by atoms with Crippen molar-refractivity contribution in [3.05, 3.63) is 38.0 Å². The molecule has 6 aromatic rings. The van der Waals surface area contributed by atoms with Crippen LogP contribution in [-0.4, -0.2) is 162 Å². The molecule has 3 aliphatic heterocycles. The Morgan fingerprint density at radius 3 is 1.60 bits per heavy atom. The molecule has 0 saturated carbocycles. The second-order valence-electron chi connectivity index (χ2n) is 14.5. The minimum absolute atomic E-state index is 0.0287. The van der Waals surface area contributed by atoms with Gasteiger partial charge >= 0.3 is 16.0 Å². The van der Waals surface area contributed by atoms with Crippen molar-refractivity contribution in [2.75, 3.05) is 30.4 Å². The quantitative estimate of drug-likeness (QED) is 0.0499. The predicted molar refractivity (Wildman–Crippen MR) is 208 cm³/mol. The third kappa shape index (κ3) is 7.92. The highest BCUT2D eigenvalue weighted by Crippen LogP contribution is 2.57. The Labute approximate surface area is 352 Å². The number of ether oxygens (including phenoxy) is 3. The molecule has 30 nitrogen and oxygen atoms in total. The van der Waals surface area contributed by atoms with Crippen molar-refractivity contribution in [1.82, 2.24) is 58.6 Å². The van der Waals surface area contributed by atoms with Crippen LogP contribution in [0.5, 0.6) is 0 Å². The average Bonchev–Trinajstić information content (AvgIpc) is 4.11. The van der Waals surface area contributed by atoms with Gasteiger partial charge in [0.15, 0.2) is 59.2 Å². The van der Waals surface area contributed by atoms with Gasteiger partial charge in [0.05, 0.1) is 31.7 Å². The molecule has 13 unspecified atom stereocenters. The third-order valence-corrected chi connectivity index (χ3v) is 12.7. The number of nitrogen functional groups attached to an aromatic ring is 3. The highest BCUT2D eigenvalue weighted by atomic mass is 31.2. The molecule has 3 fully saturated rings. The van der Waals surface area contributed by atoms with E-state index in [2.05, 4.69) is 44.9 Å². The Kier molecular flexibility index (Phi) is 11.4. The van der Waals surface area contributed by atoms with Gasteiger partial charge in [0.2, 0.25) is 0 Å². The van der Waals surface area contributed by atoms with E-state index in [4.69, 9.17) is 49.5 Å². The molecule has 13 atom stereocenters. The minimum Gasteiger partial charge on any atom is -0.387 e. The summed E-state index contributed by atoms with van der Waals surface area (Å²) < 4.78 is 57.0. The summed E-state index contributed by atoms with van der Waals surface area (Å²) in [5.74, 6) is 0.0849. The van der Waals surface area contributed by atoms with E-state index in [1.54, 1.807) is 6.92 Å². The largest absolute Gasteiger partial charge is 0.570 e. The molecular formula is C31H40N15O15P2+. The van der Waals surface area contributed by atoms with Crippen molar-refractivity contribution >= 4 is 66.9 Å². The topological polar surface area (TPSA) is 432 Å². The maximum absolute atomic E-state index is 13.6. The first-order chi connectivity index (χ1) is 30.1. The number of aromatic nitrogens is 12. The maximum Gasteiger partial charge on any atom is 0.570 e. The number of hydrogen-bond donors (Lipinski definition) is 10. The van der Waals surface area contributed by atoms with E-state index >= 15 is 0 Å². The monoisotopic (exact) mass is 924 g/mol. The number of phosphoric acid groups is 1. The fourth-order valence-corrected chi connectivity index (χ4v) is 9.44. The second-order valence-corrected chi connectivity index (χ2v) is 17.4. The van der Waals surface area contributed by atoms with Gasteiger partial charge in [0.25, 0.3) is 0 Å². The number of rotatable bonds is 14. The molecule has 0 aliphatic carbocycles. The van der Waals surface area contributed by atoms with Crippen LogP contribution < -0.4 is 17.2 Å². The molecular weight excluding hydrogens is 884 g/mol. The number of hydrogen-bond acceptors (Lipinski definition) is 26. The van der Waals surface area contributed by atoms with Crippen LogP contribution in [0.1, 0.15) is 32.0 Å². The van der Waals surface area contributed by atoms with Crippen LogP contribution in [-0.2, 0) is 36.9 Å². The van der Waals surface area contributed by atoms with Crippen molar-refractivity contribution in [3.8, 4) is 0 Å². The number of phosphoric ester groups is 1. The summed E-state index contributed by atoms with van der Waals surface area (Å²) in [5.41, 5.74) is 18.7. The van der Waals surface area contributed by atoms with Gasteiger partial charge in [-0.15, -0.1) is 4.52 Å². The Morgan fingerprint density at radius 2 is 1.08 bits per heavy atom. The molecule has 9 rings (SSSR count). The number of anilines is 3. The Balaban J connectivity index is 0.911. The smallest absolute Gasteiger partial charge is 0.387 e. The Morgan fingerprint density at radius 1 is 0.635 bits per heavy atom. The summed E-state index contributed by atoms with van der Waals surface area (Å²) in [6.07, 6.45) is -10.2. The van der Waals surface area contributed by atoms with Crippen LogP contribution in [0.15, 0.2) is 38.0 Å². The number of imidazole rings is 3. The Hall–Kier alpha value is -4.85. The average molecular weight is 925 g/mol. The van der Waals surface area contributed by atoms with Gasteiger partial charge in [0, 0.05) is 0 Å². The standard InChI is InChI=1S/C31H39N15O15P2/c1-2-11-18(48)21(30(57-11)45-9-42-15-24(33)36-6-39-27(15)45)60-63(53,54)56-4-13-19(49)22(31(59-13)46-10-43-16-25(34)37-7-40-28(16)46)61-62(51,52)55-3-12-17(47)20(50)29(58-12)44-8-41-14-23(32)35-5-38-26(14)44/h5-13,17-22,29-31,47-52H,2-4H2,1H3,(H6-,32,33,34,35,36,37,38,39,40,53,54)/p+1. The van der Waals surface area contributed by atoms with Gasteiger partial charge in [0.1, 0.15) is 84.9 Å². The van der Waals surface area contributed by atoms with Crippen molar-refractivity contribution in [1.29, 1.82) is 0 Å². The van der Waals surface area contributed by atoms with Crippen molar-refractivity contribution in [3.63, 3.8) is 0 Å². The van der Waals surface area contributed by atoms with E-state index in [-0.39, 0.29) is 57.4 Å². The zero-order chi connectivity index (χ0) is 44.5. The first-order valence-electron chi connectivity index (χ1n) is 18.9. The summed E-state index contributed by atoms with van der Waals surface area (Å²) >= 11 is 0. The molecule has 0 amide bonds. The second kappa shape index (κ2) is 16.6. The lowest BCUT2D eigenvalue weighted by Gasteiger charge is -2.25. The molecule has 0 spiro atoms. The zero-order valence-corrected chi connectivity index (χ0v) is 34.2. The number of nitrogens with zero attached hydrogens (tertiary/aromatic N) is 12. The van der Waals surface area contributed by atoms with E-state index in [0.29, 0.717) is 0 Å². The van der Waals surface area contributed by atoms with Crippen LogP contribution in [0.3, 0.4) is 0 Å². The molecule has 3 saturated heterocycles. The molecule has 63 heavy (non-hydrogen) atoms. The van der Waals surface area contributed by atoms with E-state index < -0.39 is 103 Å². The molecule has 3 aliphatic rings. The third-order valence-electron chi connectivity index (χ3n) is 10.7. The Bertz CT molecular complexity index is 2680. The van der Waals surface area contributed by atoms with E-state index in [1.165, 1.54) is 45.3 Å². The fourth-order valence-electron chi connectivity index (χ4n) is 7.56. The molecule has 6 aromatic heterocycles. The molecule has 9 heterocycles. The normalized spacial score (nSPS) is 31.2. The molecule has 338 valence electrons. The van der Waals surface area contributed by atoms with E-state index in [1.807, 2.05) is 0 Å². The van der Waals surface area contributed by atoms with Gasteiger partial charge in [-0.05, 0) is 6.42 Å². The lowest BCUT2D eigenvalue weighted by Crippen LogP contribution is -2.37. The number of aliphatic hydroxyl groups is 4. The molecule has 32 heteroatoms. The first-order valence-corrected chi connectivity index (χ1v) is 21.9. The highest BCUT2D eigenvalue weighted by molar-refractivity contribution is 7.54. The summed E-state index contributed by atoms with van der Waals surface area (Å²) in [6.45, 7) is 0.0629. The highest BCUT2D eigenvalue weighted by Gasteiger charge is 2.57. The molecule has 0 radical (unpaired) electrons. The zero-order valence-electron chi connectivity index (χ0n) is 32.4. The van der Waals surface area contributed by atoms with Gasteiger partial charge in [-0.2, -0.15) is 14.3 Å². The summed E-state index contributed by atoms with van der Waals surface area (Å²) in [4.78, 5) is 69.8. The summed E-state index contributed by atoms with van der Waals surface area (Å²) in [5, 5.41) is 44.4. The van der Waals surface area contributed by atoms with Crippen LogP contribution in [0.25, 0.3) is 33.5 Å². The van der Waals surface area contributed by atoms with E-state index in [0.717, 1.165) is 6.33 Å². The number of fused-ring (bicyclic) bond motifs is 3. The molecule has 0 bridgehead atoms. The van der Waals surface area contributed by atoms with Gasteiger partial charge in [-0.1, -0.05) is 6.92 Å². The number of nitrogens with two attached hydrogens (primary N) is 3. The van der Waals surface area contributed by atoms with Gasteiger partial charge < -0.3 is 56.7 Å². The fraction of sp³-hybridized carbons (Fsp3) is 0.516. The predicted octanol–water partition coefficient (Wildman–Crippen LogP) is -2.64. The lowest BCUT2D eigenvalue weighted by molar-refractivity contribution is -0.0680.